The fourth-order valence-corrected chi connectivity index (χ4v) is 3.43. The van der Waals surface area contributed by atoms with E-state index in [-0.39, 0.29) is 5.91 Å². The fraction of sp³-hybridized carbons (Fsp3) is 0.632. The normalized spacial score (nSPS) is 17.0. The standard InChI is InChI=1S/C19H29N5O2/c1-3-5-6-13-26-19-21-16-14-20-8-7-15(16)18(22-19)24-11-9-23(10-12-24)17(25)4-2/h4,20H,2-3,5-14H2,1H3. The van der Waals surface area contributed by atoms with E-state index >= 15 is 0 Å². The molecule has 0 bridgehead atoms. The van der Waals surface area contributed by atoms with Crippen molar-refractivity contribution in [1.82, 2.24) is 20.2 Å². The van der Waals surface area contributed by atoms with Gasteiger partial charge in [0.05, 0.1) is 12.3 Å². The molecule has 0 aliphatic carbocycles. The molecule has 0 radical (unpaired) electrons. The molecule has 7 heteroatoms. The summed E-state index contributed by atoms with van der Waals surface area (Å²) < 4.78 is 5.83. The molecule has 1 N–H and O–H groups in total. The highest BCUT2D eigenvalue weighted by Gasteiger charge is 2.26. The van der Waals surface area contributed by atoms with Gasteiger partial charge in [0.1, 0.15) is 5.82 Å². The highest BCUT2D eigenvalue weighted by Crippen LogP contribution is 2.27. The number of amides is 1. The van der Waals surface area contributed by atoms with Crippen LogP contribution in [0.1, 0.15) is 37.4 Å². The zero-order chi connectivity index (χ0) is 18.4. The number of ether oxygens (including phenoxy) is 1. The molecule has 0 atom stereocenters. The first-order chi connectivity index (χ1) is 12.7. The summed E-state index contributed by atoms with van der Waals surface area (Å²) in [6.07, 6.45) is 5.64. The molecule has 3 heterocycles. The van der Waals surface area contributed by atoms with Crippen molar-refractivity contribution in [2.75, 3.05) is 44.2 Å². The number of fused-ring (bicyclic) bond motifs is 1. The van der Waals surface area contributed by atoms with Crippen LogP contribution in [0.25, 0.3) is 0 Å². The second-order valence-electron chi connectivity index (χ2n) is 6.75. The highest BCUT2D eigenvalue weighted by atomic mass is 16.5. The van der Waals surface area contributed by atoms with Crippen molar-refractivity contribution in [2.45, 2.75) is 39.2 Å². The van der Waals surface area contributed by atoms with Gasteiger partial charge in [0, 0.05) is 38.3 Å². The molecule has 0 saturated carbocycles. The molecule has 26 heavy (non-hydrogen) atoms. The first kappa shape index (κ1) is 18.6. The van der Waals surface area contributed by atoms with Gasteiger partial charge >= 0.3 is 6.01 Å². The molecule has 1 saturated heterocycles. The Morgan fingerprint density at radius 3 is 2.81 bits per heavy atom. The second-order valence-corrected chi connectivity index (χ2v) is 6.75. The average Bonchev–Trinajstić information content (AvgIpc) is 2.70. The molecule has 2 aliphatic heterocycles. The molecule has 0 spiro atoms. The smallest absolute Gasteiger partial charge is 0.318 e. The monoisotopic (exact) mass is 359 g/mol. The molecule has 1 aromatic rings. The maximum atomic E-state index is 11.8. The minimum atomic E-state index is -0.00138. The van der Waals surface area contributed by atoms with Gasteiger partial charge in [-0.1, -0.05) is 26.3 Å². The number of carbonyl (C=O) groups excluding carboxylic acids is 1. The van der Waals surface area contributed by atoms with Crippen LogP contribution in [-0.4, -0.2) is 60.1 Å². The lowest BCUT2D eigenvalue weighted by molar-refractivity contribution is -0.126. The molecular formula is C19H29N5O2. The fourth-order valence-electron chi connectivity index (χ4n) is 3.43. The Morgan fingerprint density at radius 2 is 2.08 bits per heavy atom. The molecule has 142 valence electrons. The van der Waals surface area contributed by atoms with Gasteiger partial charge in [-0.3, -0.25) is 4.79 Å². The van der Waals surface area contributed by atoms with Gasteiger partial charge in [-0.05, 0) is 25.5 Å². The van der Waals surface area contributed by atoms with Crippen molar-refractivity contribution < 1.29 is 9.53 Å². The van der Waals surface area contributed by atoms with Crippen molar-refractivity contribution in [3.8, 4) is 6.01 Å². The summed E-state index contributed by atoms with van der Waals surface area (Å²) in [5.74, 6) is 0.978. The van der Waals surface area contributed by atoms with Crippen LogP contribution in [0.15, 0.2) is 12.7 Å². The third-order valence-corrected chi connectivity index (χ3v) is 4.94. The van der Waals surface area contributed by atoms with Gasteiger partial charge in [-0.15, -0.1) is 0 Å². The van der Waals surface area contributed by atoms with Crippen molar-refractivity contribution in [1.29, 1.82) is 0 Å². The summed E-state index contributed by atoms with van der Waals surface area (Å²) in [5, 5.41) is 3.38. The number of hydrogen-bond donors (Lipinski definition) is 1. The highest BCUT2D eigenvalue weighted by molar-refractivity contribution is 5.87. The quantitative estimate of drug-likeness (QED) is 0.588. The molecule has 0 unspecified atom stereocenters. The molecule has 1 amide bonds. The third-order valence-electron chi connectivity index (χ3n) is 4.94. The number of aromatic nitrogens is 2. The predicted octanol–water partition coefficient (Wildman–Crippen LogP) is 1.53. The van der Waals surface area contributed by atoms with Crippen LogP contribution in [0.3, 0.4) is 0 Å². The topological polar surface area (TPSA) is 70.6 Å². The lowest BCUT2D eigenvalue weighted by atomic mass is 10.1. The van der Waals surface area contributed by atoms with Crippen molar-refractivity contribution in [3.05, 3.63) is 23.9 Å². The molecule has 1 aromatic heterocycles. The van der Waals surface area contributed by atoms with Crippen molar-refractivity contribution in [2.24, 2.45) is 0 Å². The molecule has 7 nitrogen and oxygen atoms in total. The van der Waals surface area contributed by atoms with Gasteiger partial charge in [-0.2, -0.15) is 9.97 Å². The lowest BCUT2D eigenvalue weighted by Gasteiger charge is -2.36. The van der Waals surface area contributed by atoms with Crippen LogP contribution in [0.2, 0.25) is 0 Å². The van der Waals surface area contributed by atoms with Crippen LogP contribution < -0.4 is 15.0 Å². The van der Waals surface area contributed by atoms with Crippen molar-refractivity contribution >= 4 is 11.7 Å². The van der Waals surface area contributed by atoms with E-state index in [4.69, 9.17) is 9.72 Å². The zero-order valence-electron chi connectivity index (χ0n) is 15.7. The minimum Gasteiger partial charge on any atom is -0.463 e. The third kappa shape index (κ3) is 4.33. The second kappa shape index (κ2) is 8.98. The first-order valence-electron chi connectivity index (χ1n) is 9.62. The number of rotatable bonds is 7. The van der Waals surface area contributed by atoms with Crippen molar-refractivity contribution in [3.63, 3.8) is 0 Å². The van der Waals surface area contributed by atoms with Gasteiger partial charge in [0.2, 0.25) is 5.91 Å². The number of nitrogens with zero attached hydrogens (tertiary/aromatic N) is 4. The van der Waals surface area contributed by atoms with Crippen LogP contribution >= 0.6 is 0 Å². The Bertz CT molecular complexity index is 641. The molecular weight excluding hydrogens is 330 g/mol. The van der Waals surface area contributed by atoms with E-state index in [0.717, 1.165) is 63.4 Å². The number of nitrogens with one attached hydrogen (secondary N) is 1. The number of anilines is 1. The summed E-state index contributed by atoms with van der Waals surface area (Å²) in [4.78, 5) is 25.3. The van der Waals surface area contributed by atoms with E-state index in [0.29, 0.717) is 25.7 Å². The predicted molar refractivity (Wildman–Crippen MR) is 101 cm³/mol. The van der Waals surface area contributed by atoms with E-state index in [1.807, 2.05) is 4.90 Å². The maximum absolute atomic E-state index is 11.8. The molecule has 0 aromatic carbocycles. The maximum Gasteiger partial charge on any atom is 0.318 e. The Labute approximate surface area is 155 Å². The van der Waals surface area contributed by atoms with E-state index in [1.54, 1.807) is 0 Å². The van der Waals surface area contributed by atoms with Crippen LogP contribution in [-0.2, 0) is 17.8 Å². The average molecular weight is 359 g/mol. The number of unbranched alkanes of at least 4 members (excludes halogenated alkanes) is 2. The summed E-state index contributed by atoms with van der Waals surface area (Å²) in [6.45, 7) is 11.0. The van der Waals surface area contributed by atoms with Gasteiger partial charge in [0.25, 0.3) is 0 Å². The van der Waals surface area contributed by atoms with Crippen LogP contribution in [0, 0.1) is 0 Å². The van der Waals surface area contributed by atoms with Gasteiger partial charge in [0.15, 0.2) is 0 Å². The number of hydrogen-bond acceptors (Lipinski definition) is 6. The Kier molecular flexibility index (Phi) is 6.44. The summed E-state index contributed by atoms with van der Waals surface area (Å²) in [5.41, 5.74) is 2.25. The summed E-state index contributed by atoms with van der Waals surface area (Å²) in [6, 6.07) is 0.475. The SMILES string of the molecule is C=CC(=O)N1CCN(c2nc(OCCCCC)nc3c2CCNC3)CC1. The Hall–Kier alpha value is -2.15. The molecule has 1 fully saturated rings. The number of piperazine rings is 1. The largest absolute Gasteiger partial charge is 0.463 e. The van der Waals surface area contributed by atoms with E-state index in [9.17, 15) is 4.79 Å². The van der Waals surface area contributed by atoms with E-state index in [2.05, 4.69) is 28.7 Å². The van der Waals surface area contributed by atoms with Crippen LogP contribution in [0.4, 0.5) is 5.82 Å². The Balaban J connectivity index is 1.74. The molecule has 3 rings (SSSR count). The molecule has 2 aliphatic rings. The van der Waals surface area contributed by atoms with Gasteiger partial charge in [-0.25, -0.2) is 0 Å². The zero-order valence-corrected chi connectivity index (χ0v) is 15.7. The van der Waals surface area contributed by atoms with Gasteiger partial charge < -0.3 is 19.9 Å². The summed E-state index contributed by atoms with van der Waals surface area (Å²) >= 11 is 0. The first-order valence-corrected chi connectivity index (χ1v) is 9.62. The summed E-state index contributed by atoms with van der Waals surface area (Å²) in [7, 11) is 0. The van der Waals surface area contributed by atoms with E-state index in [1.165, 1.54) is 11.6 Å². The van der Waals surface area contributed by atoms with Crippen LogP contribution in [0.5, 0.6) is 6.01 Å². The number of carbonyl (C=O) groups is 1. The lowest BCUT2D eigenvalue weighted by Crippen LogP contribution is -2.49. The minimum absolute atomic E-state index is 0.00138. The Morgan fingerprint density at radius 1 is 1.27 bits per heavy atom. The van der Waals surface area contributed by atoms with E-state index < -0.39 is 0 Å².